The number of carbonyl (C=O) groups is 1. The lowest BCUT2D eigenvalue weighted by Gasteiger charge is -2.37. The van der Waals surface area contributed by atoms with Gasteiger partial charge in [0, 0.05) is 12.1 Å². The molecule has 0 bridgehead atoms. The monoisotopic (exact) mass is 356 g/mol. The van der Waals surface area contributed by atoms with Gasteiger partial charge in [-0.05, 0) is 59.8 Å². The first-order chi connectivity index (χ1) is 9.90. The van der Waals surface area contributed by atoms with Crippen LogP contribution < -0.4 is 11.1 Å². The van der Waals surface area contributed by atoms with Gasteiger partial charge in [0.05, 0.1) is 10.4 Å². The van der Waals surface area contributed by atoms with Crippen molar-refractivity contribution in [2.24, 2.45) is 11.7 Å². The Balaban J connectivity index is 1.85. The average Bonchev–Trinajstić information content (AvgIpc) is 2.42. The molecule has 0 aromatic heterocycles. The van der Waals surface area contributed by atoms with E-state index in [9.17, 15) is 9.18 Å². The molecule has 0 spiro atoms. The summed E-state index contributed by atoms with van der Waals surface area (Å²) < 4.78 is 13.6. The van der Waals surface area contributed by atoms with Gasteiger partial charge in [-0.1, -0.05) is 18.9 Å². The van der Waals surface area contributed by atoms with E-state index in [2.05, 4.69) is 21.2 Å². The van der Waals surface area contributed by atoms with Gasteiger partial charge >= 0.3 is 0 Å². The Kier molecular flexibility index (Phi) is 5.38. The Bertz CT molecular complexity index is 519. The molecule has 3 nitrogen and oxygen atoms in total. The molecule has 1 saturated carbocycles. The first-order valence-corrected chi connectivity index (χ1v) is 8.20. The van der Waals surface area contributed by atoms with Crippen molar-refractivity contribution in [3.8, 4) is 0 Å². The van der Waals surface area contributed by atoms with Gasteiger partial charge in [0.2, 0.25) is 5.91 Å². The maximum atomic E-state index is 13.1. The fraction of sp³-hybridized carbons (Fsp3) is 0.562. The summed E-state index contributed by atoms with van der Waals surface area (Å²) in [5.41, 5.74) is 6.82. The summed E-state index contributed by atoms with van der Waals surface area (Å²) in [5, 5.41) is 2.96. The molecule has 0 heterocycles. The smallest absolute Gasteiger partial charge is 0.224 e. The molecule has 1 aliphatic rings. The van der Waals surface area contributed by atoms with Crippen molar-refractivity contribution in [3.63, 3.8) is 0 Å². The Morgan fingerprint density at radius 1 is 1.52 bits per heavy atom. The van der Waals surface area contributed by atoms with Crippen molar-refractivity contribution < 1.29 is 9.18 Å². The lowest BCUT2D eigenvalue weighted by Crippen LogP contribution is -2.53. The molecule has 1 amide bonds. The first kappa shape index (κ1) is 16.4. The number of halogens is 2. The zero-order chi connectivity index (χ0) is 15.5. The van der Waals surface area contributed by atoms with E-state index in [1.807, 2.05) is 6.92 Å². The molecule has 3 N–H and O–H groups in total. The SMILES string of the molecule is CC1(N)CCCCC1C(=O)NCCc1ccc(F)c(Br)c1. The number of carbonyl (C=O) groups excluding carboxylic acids is 1. The van der Waals surface area contributed by atoms with Crippen molar-refractivity contribution in [2.45, 2.75) is 44.6 Å². The molecule has 116 valence electrons. The lowest BCUT2D eigenvalue weighted by atomic mass is 9.74. The van der Waals surface area contributed by atoms with Crippen LogP contribution in [0.15, 0.2) is 22.7 Å². The Labute approximate surface area is 133 Å². The average molecular weight is 357 g/mol. The number of nitrogens with one attached hydrogen (secondary N) is 1. The molecule has 0 radical (unpaired) electrons. The minimum absolute atomic E-state index is 0.0425. The molecular formula is C16H22BrFN2O. The lowest BCUT2D eigenvalue weighted by molar-refractivity contribution is -0.128. The second-order valence-corrected chi connectivity index (χ2v) is 6.95. The second-order valence-electron chi connectivity index (χ2n) is 6.09. The normalized spacial score (nSPS) is 25.6. The van der Waals surface area contributed by atoms with Crippen LogP contribution in [0.2, 0.25) is 0 Å². The second kappa shape index (κ2) is 6.88. The molecule has 2 unspecified atom stereocenters. The van der Waals surface area contributed by atoms with Crippen molar-refractivity contribution in [1.82, 2.24) is 5.32 Å². The molecule has 1 fully saturated rings. The molecule has 21 heavy (non-hydrogen) atoms. The molecule has 0 aliphatic heterocycles. The predicted octanol–water partition coefficient (Wildman–Crippen LogP) is 3.15. The summed E-state index contributed by atoms with van der Waals surface area (Å²) in [6, 6.07) is 4.91. The van der Waals surface area contributed by atoms with Crippen molar-refractivity contribution in [1.29, 1.82) is 0 Å². The summed E-state index contributed by atoms with van der Waals surface area (Å²) in [6.45, 7) is 2.51. The van der Waals surface area contributed by atoms with E-state index in [0.29, 0.717) is 17.4 Å². The highest BCUT2D eigenvalue weighted by atomic mass is 79.9. The van der Waals surface area contributed by atoms with Crippen LogP contribution in [0.3, 0.4) is 0 Å². The summed E-state index contributed by atoms with van der Waals surface area (Å²) in [7, 11) is 0. The van der Waals surface area contributed by atoms with Crippen LogP contribution in [0.4, 0.5) is 4.39 Å². The number of nitrogens with two attached hydrogens (primary N) is 1. The Hall–Kier alpha value is -0.940. The summed E-state index contributed by atoms with van der Waals surface area (Å²) in [5.74, 6) is -0.337. The highest BCUT2D eigenvalue weighted by molar-refractivity contribution is 9.10. The molecule has 2 atom stereocenters. The minimum atomic E-state index is -0.402. The highest BCUT2D eigenvalue weighted by Crippen LogP contribution is 2.31. The van der Waals surface area contributed by atoms with Gasteiger partial charge in [-0.15, -0.1) is 0 Å². The van der Waals surface area contributed by atoms with Gasteiger partial charge in [0.15, 0.2) is 0 Å². The van der Waals surface area contributed by atoms with E-state index < -0.39 is 5.54 Å². The maximum Gasteiger partial charge on any atom is 0.224 e. The van der Waals surface area contributed by atoms with Crippen LogP contribution in [-0.2, 0) is 11.2 Å². The van der Waals surface area contributed by atoms with Crippen molar-refractivity contribution >= 4 is 21.8 Å². The van der Waals surface area contributed by atoms with Crippen LogP contribution in [0.5, 0.6) is 0 Å². The van der Waals surface area contributed by atoms with Gasteiger partial charge in [-0.2, -0.15) is 0 Å². The molecule has 1 aliphatic carbocycles. The third-order valence-corrected chi connectivity index (χ3v) is 4.88. The summed E-state index contributed by atoms with van der Waals surface area (Å²) in [4.78, 5) is 12.3. The molecule has 2 rings (SSSR count). The quantitative estimate of drug-likeness (QED) is 0.870. The van der Waals surface area contributed by atoms with E-state index >= 15 is 0 Å². The van der Waals surface area contributed by atoms with Gasteiger partial charge in [-0.3, -0.25) is 4.79 Å². The van der Waals surface area contributed by atoms with Crippen LogP contribution in [0, 0.1) is 11.7 Å². The third kappa shape index (κ3) is 4.27. The Morgan fingerprint density at radius 3 is 2.95 bits per heavy atom. The van der Waals surface area contributed by atoms with Gasteiger partial charge in [-0.25, -0.2) is 4.39 Å². The fourth-order valence-corrected chi connectivity index (χ4v) is 3.36. The van der Waals surface area contributed by atoms with E-state index in [4.69, 9.17) is 5.73 Å². The van der Waals surface area contributed by atoms with Gasteiger partial charge in [0.1, 0.15) is 5.82 Å². The number of hydrogen-bond donors (Lipinski definition) is 2. The van der Waals surface area contributed by atoms with Crippen molar-refractivity contribution in [2.75, 3.05) is 6.54 Å². The van der Waals surface area contributed by atoms with E-state index in [0.717, 1.165) is 31.2 Å². The standard InChI is InChI=1S/C16H22BrFN2O/c1-16(19)8-3-2-4-12(16)15(21)20-9-7-11-5-6-14(18)13(17)10-11/h5-6,10,12H,2-4,7-9,19H2,1H3,(H,20,21). The zero-order valence-electron chi connectivity index (χ0n) is 12.3. The van der Waals surface area contributed by atoms with Crippen LogP contribution in [0.25, 0.3) is 0 Å². The minimum Gasteiger partial charge on any atom is -0.355 e. The van der Waals surface area contributed by atoms with Gasteiger partial charge < -0.3 is 11.1 Å². The van der Waals surface area contributed by atoms with Crippen LogP contribution >= 0.6 is 15.9 Å². The molecule has 1 aromatic rings. The predicted molar refractivity (Wildman–Crippen MR) is 85.4 cm³/mol. The van der Waals surface area contributed by atoms with Crippen LogP contribution in [0.1, 0.15) is 38.2 Å². The Morgan fingerprint density at radius 2 is 2.29 bits per heavy atom. The number of rotatable bonds is 4. The first-order valence-electron chi connectivity index (χ1n) is 7.41. The fourth-order valence-electron chi connectivity index (χ4n) is 2.94. The van der Waals surface area contributed by atoms with E-state index in [1.54, 1.807) is 12.1 Å². The van der Waals surface area contributed by atoms with E-state index in [-0.39, 0.29) is 17.6 Å². The van der Waals surface area contributed by atoms with Crippen molar-refractivity contribution in [3.05, 3.63) is 34.1 Å². The summed E-state index contributed by atoms with van der Waals surface area (Å²) in [6.07, 6.45) is 4.60. The van der Waals surface area contributed by atoms with E-state index in [1.165, 1.54) is 6.07 Å². The highest BCUT2D eigenvalue weighted by Gasteiger charge is 2.37. The molecular weight excluding hydrogens is 335 g/mol. The van der Waals surface area contributed by atoms with Crippen LogP contribution in [-0.4, -0.2) is 18.0 Å². The maximum absolute atomic E-state index is 13.1. The molecule has 5 heteroatoms. The largest absolute Gasteiger partial charge is 0.355 e. The molecule has 0 saturated heterocycles. The number of hydrogen-bond acceptors (Lipinski definition) is 2. The zero-order valence-corrected chi connectivity index (χ0v) is 13.9. The number of benzene rings is 1. The third-order valence-electron chi connectivity index (χ3n) is 4.27. The topological polar surface area (TPSA) is 55.1 Å². The number of amides is 1. The molecule has 1 aromatic carbocycles. The summed E-state index contributed by atoms with van der Waals surface area (Å²) >= 11 is 3.17. The van der Waals surface area contributed by atoms with Gasteiger partial charge in [0.25, 0.3) is 0 Å².